The van der Waals surface area contributed by atoms with Crippen molar-refractivity contribution in [3.63, 3.8) is 0 Å². The normalized spacial score (nSPS) is 15.3. The van der Waals surface area contributed by atoms with Crippen LogP contribution >= 0.6 is 11.3 Å². The monoisotopic (exact) mass is 535 g/mol. The quantitative estimate of drug-likeness (QED) is 0.289. The number of fused-ring (bicyclic) bond motifs is 1. The molecule has 204 valence electrons. The van der Waals surface area contributed by atoms with Crippen LogP contribution in [-0.2, 0) is 17.6 Å². The third kappa shape index (κ3) is 7.33. The van der Waals surface area contributed by atoms with E-state index in [1.807, 2.05) is 29.6 Å². The molecule has 2 unspecified atom stereocenters. The van der Waals surface area contributed by atoms with Crippen LogP contribution in [0.5, 0.6) is 0 Å². The van der Waals surface area contributed by atoms with E-state index < -0.39 is 5.97 Å². The molecule has 1 aliphatic carbocycles. The van der Waals surface area contributed by atoms with Crippen molar-refractivity contribution in [2.75, 3.05) is 12.4 Å². The summed E-state index contributed by atoms with van der Waals surface area (Å²) in [6, 6.07) is 15.9. The van der Waals surface area contributed by atoms with E-state index in [2.05, 4.69) is 51.2 Å². The van der Waals surface area contributed by atoms with E-state index >= 15 is 0 Å². The summed E-state index contributed by atoms with van der Waals surface area (Å²) >= 11 is 1.30. The van der Waals surface area contributed by atoms with Crippen LogP contribution in [0.3, 0.4) is 0 Å². The summed E-state index contributed by atoms with van der Waals surface area (Å²) in [6.07, 6.45) is 6.43. The van der Waals surface area contributed by atoms with Crippen molar-refractivity contribution in [2.45, 2.75) is 84.2 Å². The minimum atomic E-state index is -0.987. The van der Waals surface area contributed by atoms with E-state index in [0.29, 0.717) is 22.6 Å². The molecule has 0 bridgehead atoms. The number of carbonyl (C=O) groups excluding carboxylic acids is 1. The Hall–Kier alpha value is -2.96. The molecule has 0 spiro atoms. The van der Waals surface area contributed by atoms with Crippen molar-refractivity contribution in [1.82, 2.24) is 0 Å². The van der Waals surface area contributed by atoms with Crippen molar-refractivity contribution in [2.24, 2.45) is 0 Å². The predicted octanol–water partition coefficient (Wildman–Crippen LogP) is 8.31. The molecule has 0 saturated heterocycles. The first kappa shape index (κ1) is 29.6. The van der Waals surface area contributed by atoms with Crippen molar-refractivity contribution < 1.29 is 19.4 Å². The fraction of sp³-hybridized carbons (Fsp3) is 0.438. The van der Waals surface area contributed by atoms with Crippen LogP contribution in [0, 0.1) is 0 Å². The first-order valence-corrected chi connectivity index (χ1v) is 14.6. The number of anilines is 1. The maximum absolute atomic E-state index is 12.9. The number of carbonyl (C=O) groups is 2. The zero-order valence-corrected chi connectivity index (χ0v) is 24.1. The van der Waals surface area contributed by atoms with Gasteiger partial charge in [-0.25, -0.2) is 4.79 Å². The van der Waals surface area contributed by atoms with Crippen LogP contribution in [0.4, 0.5) is 5.00 Å². The van der Waals surface area contributed by atoms with Crippen molar-refractivity contribution in [1.29, 1.82) is 0 Å². The predicted molar refractivity (Wildman–Crippen MR) is 157 cm³/mol. The highest BCUT2D eigenvalue weighted by Gasteiger charge is 2.28. The van der Waals surface area contributed by atoms with Crippen LogP contribution in [0.15, 0.2) is 53.9 Å². The summed E-state index contributed by atoms with van der Waals surface area (Å²) in [7, 11) is 1.76. The largest absolute Gasteiger partial charge is 0.478 e. The lowest BCUT2D eigenvalue weighted by Crippen LogP contribution is -2.17. The van der Waals surface area contributed by atoms with Gasteiger partial charge in [-0.3, -0.25) is 4.79 Å². The summed E-state index contributed by atoms with van der Waals surface area (Å²) in [4.78, 5) is 25.1. The molecule has 0 fully saturated rings. The lowest BCUT2D eigenvalue weighted by atomic mass is 9.80. The van der Waals surface area contributed by atoms with Crippen molar-refractivity contribution >= 4 is 28.2 Å². The second-order valence-corrected chi connectivity index (χ2v) is 10.9. The standard InChI is InChI=1S/C26H27NO3S.C6H14O/c1-3-16(2)18-9-6-10-21(13-18)24(28)27-25-23(26(29)30)22(15-31-25)20-12-11-17-7-4-5-8-19(17)14-20;1-4-6(5-2)7-3/h4-10,13,15-16,20H,3,11-12,14H2,1-2H3,(H,27,28)(H,29,30);6H,4-5H2,1-3H3. The average molecular weight is 536 g/mol. The van der Waals surface area contributed by atoms with Crippen LogP contribution < -0.4 is 5.32 Å². The fourth-order valence-corrected chi connectivity index (χ4v) is 6.00. The van der Waals surface area contributed by atoms with Gasteiger partial charge in [-0.2, -0.15) is 0 Å². The van der Waals surface area contributed by atoms with Crippen LogP contribution in [0.25, 0.3) is 0 Å². The van der Waals surface area contributed by atoms with Gasteiger partial charge in [0.05, 0.1) is 11.7 Å². The molecule has 0 aliphatic heterocycles. The number of nitrogens with one attached hydrogen (secondary N) is 1. The molecular formula is C32H41NO4S. The van der Waals surface area contributed by atoms with Gasteiger partial charge in [0.15, 0.2) is 0 Å². The third-order valence-electron chi connectivity index (χ3n) is 7.62. The lowest BCUT2D eigenvalue weighted by Gasteiger charge is -2.24. The van der Waals surface area contributed by atoms with E-state index in [1.165, 1.54) is 22.5 Å². The molecule has 0 radical (unpaired) electrons. The SMILES string of the molecule is CCC(C)c1cccc(C(=O)Nc2scc(C3CCc4ccccc4C3)c2C(=O)O)c1.CCC(CC)OC. The molecule has 6 heteroatoms. The number of aromatic carboxylic acids is 1. The van der Waals surface area contributed by atoms with Gasteiger partial charge in [-0.05, 0) is 90.1 Å². The van der Waals surface area contributed by atoms with Gasteiger partial charge < -0.3 is 15.2 Å². The van der Waals surface area contributed by atoms with Gasteiger partial charge in [0.1, 0.15) is 5.00 Å². The summed E-state index contributed by atoms with van der Waals surface area (Å²) < 4.78 is 5.05. The van der Waals surface area contributed by atoms with Crippen LogP contribution in [-0.4, -0.2) is 30.2 Å². The molecule has 2 atom stereocenters. The fourth-order valence-electron chi connectivity index (χ4n) is 4.97. The Kier molecular flexibility index (Phi) is 11.1. The van der Waals surface area contributed by atoms with E-state index in [9.17, 15) is 14.7 Å². The molecule has 1 aliphatic rings. The zero-order chi connectivity index (χ0) is 27.7. The molecule has 4 rings (SSSR count). The minimum absolute atomic E-state index is 0.150. The van der Waals surface area contributed by atoms with Gasteiger partial charge in [0, 0.05) is 12.7 Å². The van der Waals surface area contributed by atoms with Gasteiger partial charge >= 0.3 is 5.97 Å². The number of carboxylic acids is 1. The number of carboxylic acid groups (broad SMARTS) is 1. The highest BCUT2D eigenvalue weighted by atomic mass is 32.1. The Bertz CT molecular complexity index is 1210. The van der Waals surface area contributed by atoms with Gasteiger partial charge in [0.25, 0.3) is 5.91 Å². The lowest BCUT2D eigenvalue weighted by molar-refractivity contribution is 0.0696. The highest BCUT2D eigenvalue weighted by molar-refractivity contribution is 7.15. The molecule has 1 amide bonds. The second kappa shape index (κ2) is 14.3. The average Bonchev–Trinajstić information content (AvgIpc) is 3.37. The van der Waals surface area contributed by atoms with Gasteiger partial charge in [0.2, 0.25) is 0 Å². The number of benzene rings is 2. The molecule has 2 N–H and O–H groups in total. The number of hydrogen-bond acceptors (Lipinski definition) is 4. The van der Waals surface area contributed by atoms with Crippen LogP contribution in [0.2, 0.25) is 0 Å². The second-order valence-electron chi connectivity index (χ2n) is 9.97. The Morgan fingerprint density at radius 3 is 2.37 bits per heavy atom. The highest BCUT2D eigenvalue weighted by Crippen LogP contribution is 2.40. The smallest absolute Gasteiger partial charge is 0.339 e. The van der Waals surface area contributed by atoms with E-state index in [-0.39, 0.29) is 17.4 Å². The molecule has 3 aromatic rings. The van der Waals surface area contributed by atoms with Crippen LogP contribution in [0.1, 0.15) is 108 Å². The molecule has 1 aromatic heterocycles. The number of hydrogen-bond donors (Lipinski definition) is 2. The Balaban J connectivity index is 0.000000505. The number of methoxy groups -OCH3 is 1. The molecule has 38 heavy (non-hydrogen) atoms. The first-order chi connectivity index (χ1) is 18.3. The maximum Gasteiger partial charge on any atom is 0.339 e. The van der Waals surface area contributed by atoms with Gasteiger partial charge in [-0.15, -0.1) is 11.3 Å². The molecule has 1 heterocycles. The summed E-state index contributed by atoms with van der Waals surface area (Å²) in [6.45, 7) is 8.52. The van der Waals surface area contributed by atoms with Crippen molar-refractivity contribution in [3.8, 4) is 0 Å². The van der Waals surface area contributed by atoms with E-state index in [1.54, 1.807) is 13.2 Å². The zero-order valence-electron chi connectivity index (χ0n) is 23.3. The summed E-state index contributed by atoms with van der Waals surface area (Å²) in [5.41, 5.74) is 5.36. The number of rotatable bonds is 9. The summed E-state index contributed by atoms with van der Waals surface area (Å²) in [5, 5.41) is 15.1. The number of amides is 1. The Morgan fingerprint density at radius 1 is 1.05 bits per heavy atom. The molecule has 5 nitrogen and oxygen atoms in total. The topological polar surface area (TPSA) is 75.6 Å². The first-order valence-electron chi connectivity index (χ1n) is 13.7. The number of ether oxygens (including phenoxy) is 1. The van der Waals surface area contributed by atoms with E-state index in [0.717, 1.165) is 49.7 Å². The third-order valence-corrected chi connectivity index (χ3v) is 8.53. The molecular weight excluding hydrogens is 494 g/mol. The van der Waals surface area contributed by atoms with Gasteiger partial charge in [-0.1, -0.05) is 64.1 Å². The molecule has 0 saturated carbocycles. The maximum atomic E-state index is 12.9. The van der Waals surface area contributed by atoms with Crippen molar-refractivity contribution in [3.05, 3.63) is 87.3 Å². The number of thiophene rings is 1. The molecule has 2 aromatic carbocycles. The Labute approximate surface area is 231 Å². The van der Waals surface area contributed by atoms with E-state index in [4.69, 9.17) is 4.74 Å². The summed E-state index contributed by atoms with van der Waals surface area (Å²) in [5.74, 6) is -0.740. The minimum Gasteiger partial charge on any atom is -0.478 e. The number of aryl methyl sites for hydroxylation is 1. The Morgan fingerprint density at radius 2 is 1.76 bits per heavy atom.